The summed E-state index contributed by atoms with van der Waals surface area (Å²) in [4.78, 5) is 0. The van der Waals surface area contributed by atoms with Gasteiger partial charge in [-0.05, 0) is 46.5 Å². The van der Waals surface area contributed by atoms with Gasteiger partial charge in [0.15, 0.2) is 11.2 Å². The first-order valence-corrected chi connectivity index (χ1v) is 10.3. The molecule has 0 bridgehead atoms. The standard InChI is InChI=1S/C26H20Cl2O2/c27-23-15-11-21(12-16-23)25(29,19-7-3-1-4-8-19)26(30,20-9-5-2-6-10-20)22-13-17-24(28)18-14-22/h1-18,29-30H. The zero-order valence-electron chi connectivity index (χ0n) is 16.0. The van der Waals surface area contributed by atoms with Crippen molar-refractivity contribution in [3.8, 4) is 0 Å². The zero-order valence-corrected chi connectivity index (χ0v) is 17.6. The van der Waals surface area contributed by atoms with Gasteiger partial charge in [-0.3, -0.25) is 0 Å². The van der Waals surface area contributed by atoms with Crippen LogP contribution in [-0.4, -0.2) is 10.2 Å². The van der Waals surface area contributed by atoms with E-state index in [0.29, 0.717) is 32.3 Å². The predicted molar refractivity (Wildman–Crippen MR) is 122 cm³/mol. The molecular formula is C26H20Cl2O2. The summed E-state index contributed by atoms with van der Waals surface area (Å²) in [5, 5.41) is 25.9. The molecule has 0 saturated carbocycles. The van der Waals surface area contributed by atoms with Crippen LogP contribution < -0.4 is 0 Å². The van der Waals surface area contributed by atoms with E-state index in [0.717, 1.165) is 0 Å². The number of halogens is 2. The van der Waals surface area contributed by atoms with Crippen LogP contribution in [0.15, 0.2) is 109 Å². The Morgan fingerprint density at radius 2 is 0.667 bits per heavy atom. The smallest absolute Gasteiger partial charge is 0.152 e. The fraction of sp³-hybridized carbons (Fsp3) is 0.0769. The number of hydrogen-bond donors (Lipinski definition) is 2. The topological polar surface area (TPSA) is 40.5 Å². The van der Waals surface area contributed by atoms with Crippen molar-refractivity contribution in [1.82, 2.24) is 0 Å². The molecule has 0 heterocycles. The highest BCUT2D eigenvalue weighted by molar-refractivity contribution is 6.30. The Hall–Kier alpha value is -2.62. The first-order chi connectivity index (χ1) is 14.5. The van der Waals surface area contributed by atoms with Gasteiger partial charge in [0, 0.05) is 10.0 Å². The second kappa shape index (κ2) is 8.25. The summed E-state index contributed by atoms with van der Waals surface area (Å²) in [6, 6.07) is 32.1. The molecule has 0 amide bonds. The highest BCUT2D eigenvalue weighted by Gasteiger charge is 2.54. The quantitative estimate of drug-likeness (QED) is 0.394. The molecule has 0 saturated heterocycles. The second-order valence-corrected chi connectivity index (χ2v) is 8.04. The number of rotatable bonds is 5. The third-order valence-electron chi connectivity index (χ3n) is 5.43. The highest BCUT2D eigenvalue weighted by Crippen LogP contribution is 2.49. The van der Waals surface area contributed by atoms with Crippen LogP contribution in [0.4, 0.5) is 0 Å². The molecule has 4 heteroatoms. The Morgan fingerprint density at radius 3 is 0.967 bits per heavy atom. The van der Waals surface area contributed by atoms with E-state index < -0.39 is 11.2 Å². The monoisotopic (exact) mass is 434 g/mol. The summed E-state index contributed by atoms with van der Waals surface area (Å²) >= 11 is 12.2. The van der Waals surface area contributed by atoms with E-state index in [1.165, 1.54) is 0 Å². The molecule has 4 rings (SSSR count). The Bertz CT molecular complexity index is 1020. The third-order valence-corrected chi connectivity index (χ3v) is 5.93. The molecule has 0 aromatic heterocycles. The van der Waals surface area contributed by atoms with Gasteiger partial charge in [-0.2, -0.15) is 0 Å². The Morgan fingerprint density at radius 1 is 0.400 bits per heavy atom. The van der Waals surface area contributed by atoms with Crippen LogP contribution in [0.25, 0.3) is 0 Å². The van der Waals surface area contributed by atoms with Gasteiger partial charge < -0.3 is 10.2 Å². The normalized spacial score (nSPS) is 15.2. The van der Waals surface area contributed by atoms with Crippen LogP contribution in [0.5, 0.6) is 0 Å². The molecular weight excluding hydrogens is 415 g/mol. The SMILES string of the molecule is OC(c1ccccc1)(c1ccc(Cl)cc1)C(O)(c1ccccc1)c1ccc(Cl)cc1. The van der Waals surface area contributed by atoms with E-state index in [-0.39, 0.29) is 0 Å². The first kappa shape index (κ1) is 20.6. The van der Waals surface area contributed by atoms with Crippen molar-refractivity contribution >= 4 is 23.2 Å². The Kier molecular flexibility index (Phi) is 5.68. The average Bonchev–Trinajstić information content (AvgIpc) is 2.80. The maximum atomic E-state index is 12.4. The van der Waals surface area contributed by atoms with Crippen LogP contribution in [0.2, 0.25) is 10.0 Å². The lowest BCUT2D eigenvalue weighted by atomic mass is 9.66. The summed E-state index contributed by atoms with van der Waals surface area (Å²) in [5.41, 5.74) is -1.50. The van der Waals surface area contributed by atoms with Gasteiger partial charge in [0.2, 0.25) is 0 Å². The summed E-state index contributed by atoms with van der Waals surface area (Å²) in [5.74, 6) is 0. The molecule has 2 atom stereocenters. The second-order valence-electron chi connectivity index (χ2n) is 7.17. The summed E-state index contributed by atoms with van der Waals surface area (Å²) < 4.78 is 0. The fourth-order valence-corrected chi connectivity index (χ4v) is 4.16. The van der Waals surface area contributed by atoms with Crippen LogP contribution >= 0.6 is 23.2 Å². The Labute approximate surface area is 186 Å². The van der Waals surface area contributed by atoms with E-state index in [2.05, 4.69) is 0 Å². The molecule has 0 aliphatic heterocycles. The number of aliphatic hydroxyl groups is 2. The van der Waals surface area contributed by atoms with Gasteiger partial charge >= 0.3 is 0 Å². The van der Waals surface area contributed by atoms with Gasteiger partial charge in [-0.1, -0.05) is 108 Å². The number of benzene rings is 4. The molecule has 0 aliphatic rings. The predicted octanol–water partition coefficient (Wildman–Crippen LogP) is 6.17. The van der Waals surface area contributed by atoms with E-state index in [1.807, 2.05) is 36.4 Å². The molecule has 2 unspecified atom stereocenters. The van der Waals surface area contributed by atoms with Gasteiger partial charge in [-0.15, -0.1) is 0 Å². The molecule has 4 aromatic carbocycles. The van der Waals surface area contributed by atoms with Gasteiger partial charge in [0.25, 0.3) is 0 Å². The molecule has 0 aliphatic carbocycles. The van der Waals surface area contributed by atoms with Crippen molar-refractivity contribution in [1.29, 1.82) is 0 Å². The van der Waals surface area contributed by atoms with Gasteiger partial charge in [-0.25, -0.2) is 0 Å². The molecule has 0 fully saturated rings. The van der Waals surface area contributed by atoms with Crippen LogP contribution in [0.1, 0.15) is 22.3 Å². The number of hydrogen-bond acceptors (Lipinski definition) is 2. The maximum absolute atomic E-state index is 12.4. The van der Waals surface area contributed by atoms with Crippen LogP contribution in [0.3, 0.4) is 0 Å². The molecule has 150 valence electrons. The summed E-state index contributed by atoms with van der Waals surface area (Å²) in [7, 11) is 0. The summed E-state index contributed by atoms with van der Waals surface area (Å²) in [6.45, 7) is 0. The van der Waals surface area contributed by atoms with E-state index in [1.54, 1.807) is 72.8 Å². The molecule has 0 radical (unpaired) electrons. The minimum Gasteiger partial charge on any atom is -0.377 e. The zero-order chi connectivity index (χ0) is 21.2. The highest BCUT2D eigenvalue weighted by atomic mass is 35.5. The van der Waals surface area contributed by atoms with E-state index in [9.17, 15) is 10.2 Å². The Balaban J connectivity index is 2.08. The lowest BCUT2D eigenvalue weighted by Gasteiger charge is -2.45. The lowest BCUT2D eigenvalue weighted by molar-refractivity contribution is -0.113. The molecule has 2 N–H and O–H groups in total. The van der Waals surface area contributed by atoms with Crippen molar-refractivity contribution < 1.29 is 10.2 Å². The maximum Gasteiger partial charge on any atom is 0.152 e. The van der Waals surface area contributed by atoms with Crippen molar-refractivity contribution in [2.45, 2.75) is 11.2 Å². The first-order valence-electron chi connectivity index (χ1n) is 9.54. The minimum absolute atomic E-state index is 0.513. The third kappa shape index (κ3) is 3.42. The minimum atomic E-state index is -1.81. The van der Waals surface area contributed by atoms with Crippen molar-refractivity contribution in [3.63, 3.8) is 0 Å². The van der Waals surface area contributed by atoms with E-state index in [4.69, 9.17) is 23.2 Å². The molecule has 0 spiro atoms. The molecule has 2 nitrogen and oxygen atoms in total. The largest absolute Gasteiger partial charge is 0.377 e. The average molecular weight is 435 g/mol. The van der Waals surface area contributed by atoms with Crippen LogP contribution in [0, 0.1) is 0 Å². The lowest BCUT2D eigenvalue weighted by Crippen LogP contribution is -2.51. The molecule has 30 heavy (non-hydrogen) atoms. The van der Waals surface area contributed by atoms with Gasteiger partial charge in [0.1, 0.15) is 0 Å². The molecule has 4 aromatic rings. The summed E-state index contributed by atoms with van der Waals surface area (Å²) in [6.07, 6.45) is 0. The van der Waals surface area contributed by atoms with Crippen molar-refractivity contribution in [2.24, 2.45) is 0 Å². The fourth-order valence-electron chi connectivity index (χ4n) is 3.91. The van der Waals surface area contributed by atoms with Gasteiger partial charge in [0.05, 0.1) is 0 Å². The van der Waals surface area contributed by atoms with Crippen LogP contribution in [-0.2, 0) is 11.2 Å². The van der Waals surface area contributed by atoms with Crippen molar-refractivity contribution in [3.05, 3.63) is 141 Å². The van der Waals surface area contributed by atoms with Crippen molar-refractivity contribution in [2.75, 3.05) is 0 Å². The van der Waals surface area contributed by atoms with E-state index >= 15 is 0 Å².